The summed E-state index contributed by atoms with van der Waals surface area (Å²) in [6.45, 7) is 0.662. The van der Waals surface area contributed by atoms with Crippen LogP contribution >= 0.6 is 0 Å². The molecule has 1 aliphatic carbocycles. The Hall–Kier alpha value is -1.35. The first kappa shape index (κ1) is 13.1. The quantitative estimate of drug-likeness (QED) is 0.764. The first-order valence-corrected chi connectivity index (χ1v) is 6.73. The fraction of sp³-hybridized carbons (Fsp3) is 0.533. The van der Waals surface area contributed by atoms with Gasteiger partial charge in [-0.05, 0) is 30.9 Å². The molecule has 1 saturated carbocycles. The monoisotopic (exact) mass is 247 g/mol. The standard InChI is InChI=1S/C15H21NO2/c1-16(15(17)14-10-6-3-7-11-14)18-12-13-8-4-2-5-9-13/h3,6-7,10-11,13H,2,4-5,8-9,12H2,1H3. The molecular formula is C15H21NO2. The number of benzene rings is 1. The molecule has 0 radical (unpaired) electrons. The second kappa shape index (κ2) is 6.55. The van der Waals surface area contributed by atoms with Gasteiger partial charge >= 0.3 is 0 Å². The number of rotatable bonds is 4. The van der Waals surface area contributed by atoms with Crippen molar-refractivity contribution in [3.63, 3.8) is 0 Å². The summed E-state index contributed by atoms with van der Waals surface area (Å²) < 4.78 is 0. The van der Waals surface area contributed by atoms with Crippen LogP contribution in [0.15, 0.2) is 30.3 Å². The molecule has 0 atom stereocenters. The molecular weight excluding hydrogens is 226 g/mol. The Morgan fingerprint density at radius 2 is 1.89 bits per heavy atom. The van der Waals surface area contributed by atoms with E-state index in [-0.39, 0.29) is 5.91 Å². The Balaban J connectivity index is 1.80. The molecule has 3 nitrogen and oxygen atoms in total. The molecule has 0 aromatic heterocycles. The van der Waals surface area contributed by atoms with Crippen LogP contribution < -0.4 is 0 Å². The summed E-state index contributed by atoms with van der Waals surface area (Å²) in [5, 5.41) is 1.37. The molecule has 18 heavy (non-hydrogen) atoms. The van der Waals surface area contributed by atoms with Crippen LogP contribution in [0.4, 0.5) is 0 Å². The summed E-state index contributed by atoms with van der Waals surface area (Å²) in [5.74, 6) is 0.538. The average molecular weight is 247 g/mol. The lowest BCUT2D eigenvalue weighted by atomic mass is 9.90. The summed E-state index contributed by atoms with van der Waals surface area (Å²) in [7, 11) is 1.69. The molecule has 3 heteroatoms. The predicted octanol–water partition coefficient (Wildman–Crippen LogP) is 3.27. The molecule has 0 N–H and O–H groups in total. The van der Waals surface area contributed by atoms with Gasteiger partial charge in [-0.15, -0.1) is 0 Å². The van der Waals surface area contributed by atoms with Gasteiger partial charge in [-0.3, -0.25) is 9.63 Å². The van der Waals surface area contributed by atoms with Crippen LogP contribution in [-0.2, 0) is 4.84 Å². The maximum atomic E-state index is 12.0. The zero-order valence-electron chi connectivity index (χ0n) is 11.0. The third-order valence-electron chi connectivity index (χ3n) is 3.54. The third-order valence-corrected chi connectivity index (χ3v) is 3.54. The van der Waals surface area contributed by atoms with Gasteiger partial charge in [0.25, 0.3) is 5.91 Å². The maximum absolute atomic E-state index is 12.0. The molecule has 0 aliphatic heterocycles. The van der Waals surface area contributed by atoms with E-state index in [1.807, 2.05) is 30.3 Å². The van der Waals surface area contributed by atoms with Gasteiger partial charge in [0.05, 0.1) is 6.61 Å². The van der Waals surface area contributed by atoms with E-state index in [9.17, 15) is 4.79 Å². The van der Waals surface area contributed by atoms with E-state index in [0.717, 1.165) is 0 Å². The van der Waals surface area contributed by atoms with Gasteiger partial charge in [-0.2, -0.15) is 0 Å². The zero-order chi connectivity index (χ0) is 12.8. The van der Waals surface area contributed by atoms with E-state index in [1.165, 1.54) is 37.2 Å². The molecule has 1 amide bonds. The molecule has 0 heterocycles. The molecule has 0 spiro atoms. The summed E-state index contributed by atoms with van der Waals surface area (Å²) in [6, 6.07) is 9.25. The van der Waals surface area contributed by atoms with Gasteiger partial charge in [-0.25, -0.2) is 5.06 Å². The van der Waals surface area contributed by atoms with Gasteiger partial charge in [0.15, 0.2) is 0 Å². The van der Waals surface area contributed by atoms with E-state index in [0.29, 0.717) is 18.1 Å². The first-order chi connectivity index (χ1) is 8.77. The molecule has 0 unspecified atom stereocenters. The van der Waals surface area contributed by atoms with Crippen LogP contribution in [0.1, 0.15) is 42.5 Å². The van der Waals surface area contributed by atoms with Gasteiger partial charge in [0.1, 0.15) is 0 Å². The molecule has 1 aromatic carbocycles. The van der Waals surface area contributed by atoms with Crippen LogP contribution in [0.5, 0.6) is 0 Å². The largest absolute Gasteiger partial charge is 0.277 e. The van der Waals surface area contributed by atoms with Crippen LogP contribution in [0.25, 0.3) is 0 Å². The van der Waals surface area contributed by atoms with E-state index in [2.05, 4.69) is 0 Å². The fourth-order valence-corrected chi connectivity index (χ4v) is 2.39. The van der Waals surface area contributed by atoms with E-state index >= 15 is 0 Å². The number of carbonyl (C=O) groups is 1. The van der Waals surface area contributed by atoms with Gasteiger partial charge in [0, 0.05) is 12.6 Å². The van der Waals surface area contributed by atoms with Crippen LogP contribution in [0.2, 0.25) is 0 Å². The van der Waals surface area contributed by atoms with E-state index < -0.39 is 0 Å². The number of amides is 1. The first-order valence-electron chi connectivity index (χ1n) is 6.73. The van der Waals surface area contributed by atoms with Crippen molar-refractivity contribution in [1.29, 1.82) is 0 Å². The van der Waals surface area contributed by atoms with Gasteiger partial charge < -0.3 is 0 Å². The summed E-state index contributed by atoms with van der Waals surface area (Å²) in [5.41, 5.74) is 0.670. The van der Waals surface area contributed by atoms with Crippen LogP contribution in [0.3, 0.4) is 0 Å². The average Bonchev–Trinajstić information content (AvgIpc) is 2.46. The van der Waals surface area contributed by atoms with Crippen LogP contribution in [0, 0.1) is 5.92 Å². The fourth-order valence-electron chi connectivity index (χ4n) is 2.39. The van der Waals surface area contributed by atoms with E-state index in [4.69, 9.17) is 4.84 Å². The second-order valence-electron chi connectivity index (χ2n) is 4.97. The molecule has 1 aromatic rings. The minimum Gasteiger partial charge on any atom is -0.271 e. The summed E-state index contributed by atoms with van der Waals surface area (Å²) in [4.78, 5) is 17.6. The SMILES string of the molecule is CN(OCC1CCCCC1)C(=O)c1ccccc1. The molecule has 98 valence electrons. The second-order valence-corrected chi connectivity index (χ2v) is 4.97. The summed E-state index contributed by atoms with van der Waals surface area (Å²) in [6.07, 6.45) is 6.39. The van der Waals surface area contributed by atoms with Crippen molar-refractivity contribution < 1.29 is 9.63 Å². The molecule has 0 bridgehead atoms. The lowest BCUT2D eigenvalue weighted by Crippen LogP contribution is -2.29. The normalized spacial score (nSPS) is 16.5. The molecule has 1 fully saturated rings. The van der Waals surface area contributed by atoms with Crippen molar-refractivity contribution in [2.24, 2.45) is 5.92 Å². The lowest BCUT2D eigenvalue weighted by Gasteiger charge is -2.24. The third kappa shape index (κ3) is 3.57. The highest BCUT2D eigenvalue weighted by Crippen LogP contribution is 2.23. The Morgan fingerprint density at radius 1 is 1.22 bits per heavy atom. The van der Waals surface area contributed by atoms with E-state index in [1.54, 1.807) is 7.05 Å². The Labute approximate surface area is 109 Å². The number of carbonyl (C=O) groups excluding carboxylic acids is 1. The Kier molecular flexibility index (Phi) is 4.76. The minimum atomic E-state index is -0.0774. The zero-order valence-corrected chi connectivity index (χ0v) is 11.0. The van der Waals surface area contributed by atoms with Crippen molar-refractivity contribution in [3.8, 4) is 0 Å². The Morgan fingerprint density at radius 3 is 2.56 bits per heavy atom. The van der Waals surface area contributed by atoms with Gasteiger partial charge in [0.2, 0.25) is 0 Å². The number of hydrogen-bond donors (Lipinski definition) is 0. The highest BCUT2D eigenvalue weighted by molar-refractivity contribution is 5.93. The van der Waals surface area contributed by atoms with Gasteiger partial charge in [-0.1, -0.05) is 37.5 Å². The van der Waals surface area contributed by atoms with Crippen molar-refractivity contribution in [2.75, 3.05) is 13.7 Å². The van der Waals surface area contributed by atoms with Crippen molar-refractivity contribution in [3.05, 3.63) is 35.9 Å². The molecule has 0 saturated heterocycles. The smallest absolute Gasteiger partial charge is 0.271 e. The van der Waals surface area contributed by atoms with Crippen LogP contribution in [-0.4, -0.2) is 24.6 Å². The maximum Gasteiger partial charge on any atom is 0.277 e. The molecule has 2 rings (SSSR count). The Bertz CT molecular complexity index is 371. The van der Waals surface area contributed by atoms with Crippen molar-refractivity contribution in [1.82, 2.24) is 5.06 Å². The number of hydroxylamine groups is 2. The van der Waals surface area contributed by atoms with Crippen molar-refractivity contribution in [2.45, 2.75) is 32.1 Å². The number of nitrogens with zero attached hydrogens (tertiary/aromatic N) is 1. The lowest BCUT2D eigenvalue weighted by molar-refractivity contribution is -0.120. The van der Waals surface area contributed by atoms with Crippen molar-refractivity contribution >= 4 is 5.91 Å². The molecule has 1 aliphatic rings. The summed E-state index contributed by atoms with van der Waals surface area (Å²) >= 11 is 0. The number of hydrogen-bond acceptors (Lipinski definition) is 2. The minimum absolute atomic E-state index is 0.0774. The topological polar surface area (TPSA) is 29.5 Å². The highest BCUT2D eigenvalue weighted by atomic mass is 16.7. The predicted molar refractivity (Wildman–Crippen MR) is 71.1 cm³/mol. The highest BCUT2D eigenvalue weighted by Gasteiger charge is 2.17.